The Morgan fingerprint density at radius 3 is 2.81 bits per heavy atom. The Kier molecular flexibility index (Phi) is 5.87. The van der Waals surface area contributed by atoms with Crippen molar-refractivity contribution in [3.8, 4) is 5.69 Å². The van der Waals surface area contributed by atoms with Crippen LogP contribution in [0.1, 0.15) is 12.5 Å². The summed E-state index contributed by atoms with van der Waals surface area (Å²) in [6.07, 6.45) is 1.52. The quantitative estimate of drug-likeness (QED) is 0.793. The van der Waals surface area contributed by atoms with Gasteiger partial charge < -0.3 is 14.4 Å². The third-order valence-electron chi connectivity index (χ3n) is 4.32. The Morgan fingerprint density at radius 2 is 2.12 bits per heavy atom. The number of morpholine rings is 1. The van der Waals surface area contributed by atoms with Gasteiger partial charge in [-0.05, 0) is 31.5 Å². The average molecular weight is 398 g/mol. The van der Waals surface area contributed by atoms with E-state index in [4.69, 9.17) is 32.7 Å². The highest BCUT2D eigenvalue weighted by molar-refractivity contribution is 6.33. The molecule has 26 heavy (non-hydrogen) atoms. The van der Waals surface area contributed by atoms with E-state index in [-0.39, 0.29) is 22.8 Å². The lowest BCUT2D eigenvalue weighted by atomic mass is 10.2. The number of rotatable bonds is 4. The molecule has 1 fully saturated rings. The first-order chi connectivity index (χ1) is 12.4. The normalized spacial score (nSPS) is 20.4. The predicted octanol–water partition coefficient (Wildman–Crippen LogP) is 3.09. The van der Waals surface area contributed by atoms with E-state index in [1.54, 1.807) is 25.4 Å². The molecule has 2 atom stereocenters. The van der Waals surface area contributed by atoms with Gasteiger partial charge in [0.1, 0.15) is 5.02 Å². The van der Waals surface area contributed by atoms with Gasteiger partial charge in [-0.2, -0.15) is 9.78 Å². The Labute approximate surface area is 162 Å². The van der Waals surface area contributed by atoms with Gasteiger partial charge in [-0.1, -0.05) is 29.3 Å². The number of nitrogens with zero attached hydrogens (tertiary/aromatic N) is 3. The standard InChI is InChI=1S/C18H21Cl2N3O3/c1-11-4-5-13(6-15(11)19)23-18(24)17(20)16(7-21-23)22-8-12(2)26-14(9-22)10-25-3/h4-7,12,14H,8-10H2,1-3H3. The zero-order valence-electron chi connectivity index (χ0n) is 14.9. The van der Waals surface area contributed by atoms with Crippen LogP contribution in [-0.4, -0.2) is 48.8 Å². The SMILES string of the molecule is COCC1CN(c2cnn(-c3ccc(C)c(Cl)c3)c(=O)c2Cl)CC(C)O1. The molecule has 0 saturated carbocycles. The molecule has 3 rings (SSSR count). The van der Waals surface area contributed by atoms with Gasteiger partial charge in [-0.25, -0.2) is 0 Å². The molecule has 2 unspecified atom stereocenters. The molecule has 0 amide bonds. The van der Waals surface area contributed by atoms with Crippen LogP contribution in [-0.2, 0) is 9.47 Å². The molecular formula is C18H21Cl2N3O3. The average Bonchev–Trinajstić information content (AvgIpc) is 2.59. The second-order valence-electron chi connectivity index (χ2n) is 6.42. The minimum absolute atomic E-state index is 0.00157. The second kappa shape index (κ2) is 7.96. The Hall–Kier alpha value is -1.60. The zero-order chi connectivity index (χ0) is 18.8. The van der Waals surface area contributed by atoms with E-state index >= 15 is 0 Å². The summed E-state index contributed by atoms with van der Waals surface area (Å²) >= 11 is 12.6. The van der Waals surface area contributed by atoms with E-state index in [1.807, 2.05) is 24.8 Å². The van der Waals surface area contributed by atoms with E-state index < -0.39 is 0 Å². The number of ether oxygens (including phenoxy) is 2. The smallest absolute Gasteiger partial charge is 0.292 e. The van der Waals surface area contributed by atoms with Gasteiger partial charge in [0.2, 0.25) is 0 Å². The molecule has 6 nitrogen and oxygen atoms in total. The molecule has 2 heterocycles. The molecule has 0 spiro atoms. The van der Waals surface area contributed by atoms with Crippen molar-refractivity contribution in [3.05, 3.63) is 50.4 Å². The molecule has 0 bridgehead atoms. The third kappa shape index (κ3) is 3.88. The number of anilines is 1. The van der Waals surface area contributed by atoms with Gasteiger partial charge in [0.25, 0.3) is 5.56 Å². The maximum Gasteiger partial charge on any atom is 0.292 e. The van der Waals surface area contributed by atoms with Crippen molar-refractivity contribution in [2.75, 3.05) is 31.7 Å². The fourth-order valence-corrected chi connectivity index (χ4v) is 3.49. The van der Waals surface area contributed by atoms with Crippen LogP contribution >= 0.6 is 23.2 Å². The van der Waals surface area contributed by atoms with Crippen LogP contribution in [0.4, 0.5) is 5.69 Å². The van der Waals surface area contributed by atoms with E-state index in [0.717, 1.165) is 5.56 Å². The van der Waals surface area contributed by atoms with Crippen molar-refractivity contribution < 1.29 is 9.47 Å². The summed E-state index contributed by atoms with van der Waals surface area (Å²) in [5, 5.41) is 5.00. The topological polar surface area (TPSA) is 56.6 Å². The number of hydrogen-bond donors (Lipinski definition) is 0. The van der Waals surface area contributed by atoms with E-state index in [0.29, 0.717) is 36.1 Å². The van der Waals surface area contributed by atoms with Gasteiger partial charge in [-0.15, -0.1) is 0 Å². The number of benzene rings is 1. The molecule has 1 aliphatic heterocycles. The highest BCUT2D eigenvalue weighted by Crippen LogP contribution is 2.26. The van der Waals surface area contributed by atoms with Crippen LogP contribution in [0.5, 0.6) is 0 Å². The molecule has 0 radical (unpaired) electrons. The number of aromatic nitrogens is 2. The number of methoxy groups -OCH3 is 1. The minimum atomic E-state index is -0.383. The molecular weight excluding hydrogens is 377 g/mol. The number of aryl methyl sites for hydroxylation is 1. The molecule has 140 valence electrons. The minimum Gasteiger partial charge on any atom is -0.382 e. The summed E-state index contributed by atoms with van der Waals surface area (Å²) in [4.78, 5) is 14.8. The summed E-state index contributed by atoms with van der Waals surface area (Å²) < 4.78 is 12.3. The monoisotopic (exact) mass is 397 g/mol. The first kappa shape index (κ1) is 19.2. The Morgan fingerprint density at radius 1 is 1.35 bits per heavy atom. The Bertz CT molecular complexity index is 856. The predicted molar refractivity (Wildman–Crippen MR) is 103 cm³/mol. The van der Waals surface area contributed by atoms with E-state index in [1.165, 1.54) is 4.68 Å². The summed E-state index contributed by atoms with van der Waals surface area (Å²) in [5.41, 5.74) is 1.72. The largest absolute Gasteiger partial charge is 0.382 e. The summed E-state index contributed by atoms with van der Waals surface area (Å²) in [6, 6.07) is 5.33. The molecule has 1 aromatic carbocycles. The van der Waals surface area contributed by atoms with Gasteiger partial charge in [0.05, 0.1) is 36.4 Å². The third-order valence-corrected chi connectivity index (χ3v) is 5.08. The fourth-order valence-electron chi connectivity index (χ4n) is 3.06. The van der Waals surface area contributed by atoms with Gasteiger partial charge in [0.15, 0.2) is 0 Å². The van der Waals surface area contributed by atoms with Gasteiger partial charge in [0, 0.05) is 25.2 Å². The first-order valence-corrected chi connectivity index (χ1v) is 9.10. The number of halogens is 2. The second-order valence-corrected chi connectivity index (χ2v) is 7.21. The van der Waals surface area contributed by atoms with Gasteiger partial charge >= 0.3 is 0 Å². The maximum absolute atomic E-state index is 12.8. The highest BCUT2D eigenvalue weighted by atomic mass is 35.5. The van der Waals surface area contributed by atoms with Gasteiger partial charge in [-0.3, -0.25) is 4.79 Å². The fraction of sp³-hybridized carbons (Fsp3) is 0.444. The van der Waals surface area contributed by atoms with E-state index in [2.05, 4.69) is 5.10 Å². The molecule has 8 heteroatoms. The Balaban J connectivity index is 1.94. The highest BCUT2D eigenvalue weighted by Gasteiger charge is 2.28. The lowest BCUT2D eigenvalue weighted by Gasteiger charge is -2.38. The zero-order valence-corrected chi connectivity index (χ0v) is 16.4. The molecule has 0 N–H and O–H groups in total. The van der Waals surface area contributed by atoms with Crippen molar-refractivity contribution in [1.82, 2.24) is 9.78 Å². The molecule has 1 aliphatic rings. The van der Waals surface area contributed by atoms with Crippen LogP contribution in [0, 0.1) is 6.92 Å². The van der Waals surface area contributed by atoms with Crippen LogP contribution in [0.25, 0.3) is 5.69 Å². The van der Waals surface area contributed by atoms with E-state index in [9.17, 15) is 4.79 Å². The first-order valence-electron chi connectivity index (χ1n) is 8.34. The van der Waals surface area contributed by atoms with Crippen LogP contribution in [0.3, 0.4) is 0 Å². The van der Waals surface area contributed by atoms with Crippen LogP contribution < -0.4 is 10.5 Å². The lowest BCUT2D eigenvalue weighted by Crippen LogP contribution is -2.48. The van der Waals surface area contributed by atoms with Crippen molar-refractivity contribution in [1.29, 1.82) is 0 Å². The molecule has 0 aliphatic carbocycles. The number of hydrogen-bond acceptors (Lipinski definition) is 5. The van der Waals surface area contributed by atoms with Crippen molar-refractivity contribution in [2.24, 2.45) is 0 Å². The molecule has 1 aromatic heterocycles. The van der Waals surface area contributed by atoms with Crippen LogP contribution in [0.15, 0.2) is 29.2 Å². The van der Waals surface area contributed by atoms with Crippen molar-refractivity contribution >= 4 is 28.9 Å². The summed E-state index contributed by atoms with van der Waals surface area (Å²) in [6.45, 7) is 5.56. The van der Waals surface area contributed by atoms with Crippen molar-refractivity contribution in [3.63, 3.8) is 0 Å². The molecule has 2 aromatic rings. The van der Waals surface area contributed by atoms with Crippen molar-refractivity contribution in [2.45, 2.75) is 26.1 Å². The lowest BCUT2D eigenvalue weighted by molar-refractivity contribution is -0.0511. The van der Waals surface area contributed by atoms with Crippen LogP contribution in [0.2, 0.25) is 10.0 Å². The molecule has 1 saturated heterocycles. The maximum atomic E-state index is 12.8. The summed E-state index contributed by atoms with van der Waals surface area (Å²) in [5.74, 6) is 0. The summed E-state index contributed by atoms with van der Waals surface area (Å²) in [7, 11) is 1.63.